The Balaban J connectivity index is 1.96. The van der Waals surface area contributed by atoms with Gasteiger partial charge in [0.25, 0.3) is 0 Å². The van der Waals surface area contributed by atoms with Crippen molar-refractivity contribution in [3.63, 3.8) is 0 Å². The molecule has 0 bridgehead atoms. The number of nitrogens with zero attached hydrogens (tertiary/aromatic N) is 2. The van der Waals surface area contributed by atoms with Crippen LogP contribution in [0, 0.1) is 11.7 Å². The van der Waals surface area contributed by atoms with Crippen molar-refractivity contribution in [2.75, 3.05) is 26.3 Å². The van der Waals surface area contributed by atoms with Crippen molar-refractivity contribution in [3.05, 3.63) is 29.8 Å². The van der Waals surface area contributed by atoms with Crippen LogP contribution in [0.2, 0.25) is 0 Å². The van der Waals surface area contributed by atoms with E-state index in [4.69, 9.17) is 4.74 Å². The first kappa shape index (κ1) is 15.4. The van der Waals surface area contributed by atoms with Gasteiger partial charge in [-0.2, -0.15) is 0 Å². The lowest BCUT2D eigenvalue weighted by molar-refractivity contribution is -0.0260. The second kappa shape index (κ2) is 7.11. The van der Waals surface area contributed by atoms with Crippen molar-refractivity contribution in [1.29, 1.82) is 0 Å². The van der Waals surface area contributed by atoms with Crippen LogP contribution in [0.3, 0.4) is 0 Å². The Labute approximate surface area is 119 Å². The minimum absolute atomic E-state index is 0.0418. The number of hydrogen-bond donors (Lipinski definition) is 1. The third-order valence-corrected chi connectivity index (χ3v) is 3.94. The molecule has 1 aliphatic rings. The zero-order valence-electron chi connectivity index (χ0n) is 12.1. The van der Waals surface area contributed by atoms with Gasteiger partial charge < -0.3 is 9.84 Å². The zero-order valence-corrected chi connectivity index (χ0v) is 12.1. The molecule has 3 unspecified atom stereocenters. The van der Waals surface area contributed by atoms with Gasteiger partial charge in [-0.3, -0.25) is 9.88 Å². The summed E-state index contributed by atoms with van der Waals surface area (Å²) in [7, 11) is 0. The molecule has 4 nitrogen and oxygen atoms in total. The number of aromatic nitrogens is 1. The minimum Gasteiger partial charge on any atom is -0.386 e. The van der Waals surface area contributed by atoms with Crippen molar-refractivity contribution in [3.8, 4) is 0 Å². The number of pyridine rings is 1. The number of aliphatic hydroxyl groups is 1. The zero-order chi connectivity index (χ0) is 14.5. The van der Waals surface area contributed by atoms with Gasteiger partial charge in [0.15, 0.2) is 0 Å². The molecule has 2 rings (SSSR count). The van der Waals surface area contributed by atoms with E-state index in [9.17, 15) is 9.50 Å². The summed E-state index contributed by atoms with van der Waals surface area (Å²) in [4.78, 5) is 6.33. The van der Waals surface area contributed by atoms with Crippen LogP contribution in [-0.2, 0) is 4.74 Å². The molecule has 1 aromatic rings. The van der Waals surface area contributed by atoms with Gasteiger partial charge in [-0.1, -0.05) is 13.8 Å². The molecule has 5 heteroatoms. The Bertz CT molecular complexity index is 413. The molecule has 0 spiro atoms. The number of hydrogen-bond acceptors (Lipinski definition) is 4. The molecule has 0 radical (unpaired) electrons. The topological polar surface area (TPSA) is 45.6 Å². The first-order valence-corrected chi connectivity index (χ1v) is 7.23. The Morgan fingerprint density at radius 2 is 2.35 bits per heavy atom. The van der Waals surface area contributed by atoms with Crippen LogP contribution in [0.5, 0.6) is 0 Å². The van der Waals surface area contributed by atoms with E-state index in [1.54, 1.807) is 6.07 Å². The van der Waals surface area contributed by atoms with E-state index in [2.05, 4.69) is 16.8 Å². The van der Waals surface area contributed by atoms with Gasteiger partial charge in [0.1, 0.15) is 5.82 Å². The Hall–Kier alpha value is -1.04. The van der Waals surface area contributed by atoms with E-state index in [0.717, 1.165) is 38.9 Å². The van der Waals surface area contributed by atoms with Crippen molar-refractivity contribution in [1.82, 2.24) is 9.88 Å². The highest BCUT2D eigenvalue weighted by atomic mass is 19.1. The highest BCUT2D eigenvalue weighted by Crippen LogP contribution is 2.23. The summed E-state index contributed by atoms with van der Waals surface area (Å²) < 4.78 is 18.3. The molecule has 1 fully saturated rings. The number of aliphatic hydroxyl groups excluding tert-OH is 1. The first-order valence-electron chi connectivity index (χ1n) is 7.23. The molecule has 1 N–H and O–H groups in total. The third kappa shape index (κ3) is 3.75. The second-order valence-electron chi connectivity index (χ2n) is 5.46. The molecule has 20 heavy (non-hydrogen) atoms. The Kier molecular flexibility index (Phi) is 5.46. The molecular formula is C15H23FN2O2. The minimum atomic E-state index is -0.670. The van der Waals surface area contributed by atoms with Crippen molar-refractivity contribution >= 4 is 0 Å². The van der Waals surface area contributed by atoms with Gasteiger partial charge in [0, 0.05) is 25.0 Å². The van der Waals surface area contributed by atoms with Gasteiger partial charge in [-0.05, 0) is 18.6 Å². The molecule has 0 saturated carbocycles. The summed E-state index contributed by atoms with van der Waals surface area (Å²) in [5.74, 6) is -0.340. The lowest BCUT2D eigenvalue weighted by Crippen LogP contribution is -2.47. The molecular weight excluding hydrogens is 259 g/mol. The quantitative estimate of drug-likeness (QED) is 0.897. The van der Waals surface area contributed by atoms with E-state index in [1.807, 2.05) is 6.92 Å². The molecule has 0 amide bonds. The van der Waals surface area contributed by atoms with Crippen molar-refractivity contribution in [2.45, 2.75) is 32.4 Å². The number of ether oxygens (including phenoxy) is 1. The normalized spacial score (nSPS) is 23.5. The molecule has 1 aromatic heterocycles. The standard InChI is InChI=1S/C15H23FN2O2/c1-3-13-10-20-7-6-18(13)9-11(2)15(19)14-5-4-12(16)8-17-14/h4-5,8,11,13,15,19H,3,6-7,9-10H2,1-2H3. The van der Waals surface area contributed by atoms with E-state index in [0.29, 0.717) is 11.7 Å². The van der Waals surface area contributed by atoms with E-state index in [1.165, 1.54) is 6.07 Å². The second-order valence-corrected chi connectivity index (χ2v) is 5.46. The monoisotopic (exact) mass is 282 g/mol. The fourth-order valence-electron chi connectivity index (χ4n) is 2.63. The average molecular weight is 282 g/mol. The summed E-state index contributed by atoms with van der Waals surface area (Å²) in [5, 5.41) is 10.3. The van der Waals surface area contributed by atoms with Crippen LogP contribution >= 0.6 is 0 Å². The predicted molar refractivity (Wildman–Crippen MR) is 74.8 cm³/mol. The van der Waals surface area contributed by atoms with E-state index < -0.39 is 6.10 Å². The summed E-state index contributed by atoms with van der Waals surface area (Å²) in [5.41, 5.74) is 0.528. The summed E-state index contributed by atoms with van der Waals surface area (Å²) in [6, 6.07) is 3.30. The number of morpholine rings is 1. The predicted octanol–water partition coefficient (Wildman–Crippen LogP) is 2.00. The van der Waals surface area contributed by atoms with Crippen LogP contribution in [0.25, 0.3) is 0 Å². The Morgan fingerprint density at radius 1 is 1.55 bits per heavy atom. The van der Waals surface area contributed by atoms with Gasteiger partial charge in [0.05, 0.1) is 31.2 Å². The highest BCUT2D eigenvalue weighted by Gasteiger charge is 2.26. The average Bonchev–Trinajstić information content (AvgIpc) is 2.48. The van der Waals surface area contributed by atoms with Crippen LogP contribution < -0.4 is 0 Å². The summed E-state index contributed by atoms with van der Waals surface area (Å²) in [6.07, 6.45) is 1.52. The SMILES string of the molecule is CCC1COCCN1CC(C)C(O)c1ccc(F)cn1. The van der Waals surface area contributed by atoms with Crippen molar-refractivity contribution in [2.24, 2.45) is 5.92 Å². The smallest absolute Gasteiger partial charge is 0.141 e. The number of rotatable bonds is 5. The maximum atomic E-state index is 12.9. The number of halogens is 1. The van der Waals surface area contributed by atoms with Crippen LogP contribution in [0.4, 0.5) is 4.39 Å². The molecule has 1 saturated heterocycles. The fourth-order valence-corrected chi connectivity index (χ4v) is 2.63. The van der Waals surface area contributed by atoms with Gasteiger partial charge in [-0.15, -0.1) is 0 Å². The van der Waals surface area contributed by atoms with E-state index >= 15 is 0 Å². The molecule has 2 heterocycles. The van der Waals surface area contributed by atoms with Crippen LogP contribution in [0.15, 0.2) is 18.3 Å². The largest absolute Gasteiger partial charge is 0.386 e. The van der Waals surface area contributed by atoms with Crippen LogP contribution in [0.1, 0.15) is 32.1 Å². The first-order chi connectivity index (χ1) is 9.61. The highest BCUT2D eigenvalue weighted by molar-refractivity contribution is 5.09. The maximum Gasteiger partial charge on any atom is 0.141 e. The van der Waals surface area contributed by atoms with Crippen LogP contribution in [-0.4, -0.2) is 47.3 Å². The Morgan fingerprint density at radius 3 is 3.00 bits per heavy atom. The van der Waals surface area contributed by atoms with Gasteiger partial charge in [-0.25, -0.2) is 4.39 Å². The maximum absolute atomic E-state index is 12.9. The van der Waals surface area contributed by atoms with Gasteiger partial charge >= 0.3 is 0 Å². The molecule has 3 atom stereocenters. The summed E-state index contributed by atoms with van der Waals surface area (Å²) in [6.45, 7) is 7.34. The lowest BCUT2D eigenvalue weighted by atomic mass is 9.99. The summed E-state index contributed by atoms with van der Waals surface area (Å²) >= 11 is 0. The molecule has 0 aliphatic carbocycles. The fraction of sp³-hybridized carbons (Fsp3) is 0.667. The van der Waals surface area contributed by atoms with E-state index in [-0.39, 0.29) is 11.7 Å². The molecule has 1 aliphatic heterocycles. The third-order valence-electron chi connectivity index (χ3n) is 3.94. The molecule has 0 aromatic carbocycles. The molecule has 112 valence electrons. The lowest BCUT2D eigenvalue weighted by Gasteiger charge is -2.37. The van der Waals surface area contributed by atoms with Gasteiger partial charge in [0.2, 0.25) is 0 Å². The van der Waals surface area contributed by atoms with Crippen molar-refractivity contribution < 1.29 is 14.2 Å².